The molecule has 0 amide bonds. The van der Waals surface area contributed by atoms with Crippen molar-refractivity contribution in [1.29, 1.82) is 0 Å². The van der Waals surface area contributed by atoms with Gasteiger partial charge in [-0.2, -0.15) is 5.10 Å². The minimum atomic E-state index is 0.0999. The Hall–Kier alpha value is -1.35. The molecule has 4 heteroatoms. The van der Waals surface area contributed by atoms with E-state index in [0.717, 1.165) is 18.7 Å². The number of aryl methyl sites for hydroxylation is 1. The van der Waals surface area contributed by atoms with Crippen LogP contribution in [0.4, 0.5) is 0 Å². The van der Waals surface area contributed by atoms with Gasteiger partial charge < -0.3 is 0 Å². The highest BCUT2D eigenvalue weighted by Crippen LogP contribution is 2.41. The Morgan fingerprint density at radius 3 is 2.94 bits per heavy atom. The number of hydrogen-bond acceptors (Lipinski definition) is 2. The highest BCUT2D eigenvalue weighted by atomic mass is 35.5. The van der Waals surface area contributed by atoms with Crippen molar-refractivity contribution in [1.82, 2.24) is 14.8 Å². The summed E-state index contributed by atoms with van der Waals surface area (Å²) < 4.78 is 1.83. The van der Waals surface area contributed by atoms with Crippen LogP contribution in [0.2, 0.25) is 0 Å². The number of halogens is 1. The number of aromatic nitrogens is 3. The zero-order valence-electron chi connectivity index (χ0n) is 9.68. The van der Waals surface area contributed by atoms with Crippen LogP contribution in [0.1, 0.15) is 22.3 Å². The minimum Gasteiger partial charge on any atom is -0.253 e. The Bertz CT molecular complexity index is 535. The van der Waals surface area contributed by atoms with Gasteiger partial charge in [-0.15, -0.1) is 11.6 Å². The van der Waals surface area contributed by atoms with Crippen LogP contribution in [0.3, 0.4) is 0 Å². The Kier molecular flexibility index (Phi) is 2.63. The summed E-state index contributed by atoms with van der Waals surface area (Å²) in [6, 6.07) is 8.43. The number of rotatable bonds is 2. The van der Waals surface area contributed by atoms with E-state index in [-0.39, 0.29) is 5.38 Å². The fraction of sp³-hybridized carbons (Fsp3) is 0.385. The van der Waals surface area contributed by atoms with Crippen LogP contribution >= 0.6 is 11.6 Å². The van der Waals surface area contributed by atoms with E-state index in [2.05, 4.69) is 34.3 Å². The zero-order valence-corrected chi connectivity index (χ0v) is 10.4. The highest BCUT2D eigenvalue weighted by Gasteiger charge is 2.31. The molecule has 88 valence electrons. The van der Waals surface area contributed by atoms with E-state index < -0.39 is 0 Å². The van der Waals surface area contributed by atoms with Crippen molar-refractivity contribution in [2.24, 2.45) is 13.0 Å². The predicted molar refractivity (Wildman–Crippen MR) is 66.9 cm³/mol. The van der Waals surface area contributed by atoms with Crippen LogP contribution in [-0.4, -0.2) is 14.8 Å². The molecule has 0 saturated heterocycles. The zero-order chi connectivity index (χ0) is 11.8. The lowest BCUT2D eigenvalue weighted by Gasteiger charge is -2.13. The molecule has 2 aromatic rings. The summed E-state index contributed by atoms with van der Waals surface area (Å²) in [4.78, 5) is 4.27. The molecule has 1 aliphatic rings. The summed E-state index contributed by atoms with van der Waals surface area (Å²) in [5.41, 5.74) is 2.65. The standard InChI is InChI=1S/C13H14ClN3/c1-17-12(15-8-16-17)7-10-6-9-4-2-3-5-11(9)13(10)14/h2-5,8,10,13H,6-7H2,1H3. The van der Waals surface area contributed by atoms with Crippen molar-refractivity contribution in [2.75, 3.05) is 0 Å². The van der Waals surface area contributed by atoms with Crippen molar-refractivity contribution >= 4 is 11.6 Å². The quantitative estimate of drug-likeness (QED) is 0.764. The molecule has 2 unspecified atom stereocenters. The van der Waals surface area contributed by atoms with E-state index in [9.17, 15) is 0 Å². The molecule has 1 heterocycles. The van der Waals surface area contributed by atoms with Crippen molar-refractivity contribution in [3.63, 3.8) is 0 Å². The van der Waals surface area contributed by atoms with Gasteiger partial charge in [-0.1, -0.05) is 24.3 Å². The van der Waals surface area contributed by atoms with Crippen LogP contribution in [0.25, 0.3) is 0 Å². The molecular weight excluding hydrogens is 234 g/mol. The van der Waals surface area contributed by atoms with E-state index in [1.54, 1.807) is 6.33 Å². The number of hydrogen-bond donors (Lipinski definition) is 0. The van der Waals surface area contributed by atoms with Gasteiger partial charge in [-0.3, -0.25) is 4.68 Å². The summed E-state index contributed by atoms with van der Waals surface area (Å²) in [6.07, 6.45) is 3.53. The molecule has 0 N–H and O–H groups in total. The molecule has 3 nitrogen and oxygen atoms in total. The summed E-state index contributed by atoms with van der Waals surface area (Å²) >= 11 is 6.52. The average Bonchev–Trinajstić information content (AvgIpc) is 2.87. The Morgan fingerprint density at radius 1 is 1.41 bits per heavy atom. The summed E-state index contributed by atoms with van der Waals surface area (Å²) in [5.74, 6) is 1.44. The van der Waals surface area contributed by atoms with Gasteiger partial charge in [-0.05, 0) is 23.5 Å². The molecule has 0 saturated carbocycles. The van der Waals surface area contributed by atoms with Crippen molar-refractivity contribution < 1.29 is 0 Å². The summed E-state index contributed by atoms with van der Waals surface area (Å²) in [6.45, 7) is 0. The maximum Gasteiger partial charge on any atom is 0.138 e. The van der Waals surface area contributed by atoms with Crippen LogP contribution in [0, 0.1) is 5.92 Å². The van der Waals surface area contributed by atoms with Crippen LogP contribution in [0.5, 0.6) is 0 Å². The van der Waals surface area contributed by atoms with Crippen molar-refractivity contribution in [3.8, 4) is 0 Å². The molecule has 0 fully saturated rings. The lowest BCUT2D eigenvalue weighted by molar-refractivity contribution is 0.510. The van der Waals surface area contributed by atoms with E-state index >= 15 is 0 Å². The molecule has 1 aromatic heterocycles. The van der Waals surface area contributed by atoms with Crippen molar-refractivity contribution in [2.45, 2.75) is 18.2 Å². The smallest absolute Gasteiger partial charge is 0.138 e. The number of fused-ring (bicyclic) bond motifs is 1. The highest BCUT2D eigenvalue weighted by molar-refractivity contribution is 6.21. The fourth-order valence-electron chi connectivity index (χ4n) is 2.54. The summed E-state index contributed by atoms with van der Waals surface area (Å²) in [7, 11) is 1.92. The SMILES string of the molecule is Cn1ncnc1CC1Cc2ccccc2C1Cl. The van der Waals surface area contributed by atoms with Crippen LogP contribution in [-0.2, 0) is 19.9 Å². The first kappa shape index (κ1) is 10.8. The first-order valence-corrected chi connectivity index (χ1v) is 6.24. The monoisotopic (exact) mass is 247 g/mol. The maximum absolute atomic E-state index is 6.52. The fourth-order valence-corrected chi connectivity index (χ4v) is 2.94. The Morgan fingerprint density at radius 2 is 2.24 bits per heavy atom. The third-order valence-corrected chi connectivity index (χ3v) is 4.09. The van der Waals surface area contributed by atoms with E-state index in [0.29, 0.717) is 5.92 Å². The predicted octanol–water partition coefficient (Wildman–Crippen LogP) is 2.51. The van der Waals surface area contributed by atoms with Gasteiger partial charge in [0.25, 0.3) is 0 Å². The lowest BCUT2D eigenvalue weighted by atomic mass is 10.0. The van der Waals surface area contributed by atoms with Gasteiger partial charge in [0, 0.05) is 13.5 Å². The van der Waals surface area contributed by atoms with Gasteiger partial charge in [0.1, 0.15) is 12.2 Å². The third-order valence-electron chi connectivity index (χ3n) is 3.50. The second kappa shape index (κ2) is 4.15. The van der Waals surface area contributed by atoms with E-state index in [4.69, 9.17) is 11.6 Å². The van der Waals surface area contributed by atoms with Gasteiger partial charge in [0.2, 0.25) is 0 Å². The largest absolute Gasteiger partial charge is 0.253 e. The van der Waals surface area contributed by atoms with Crippen LogP contribution < -0.4 is 0 Å². The van der Waals surface area contributed by atoms with Gasteiger partial charge >= 0.3 is 0 Å². The molecule has 3 rings (SSSR count). The number of alkyl halides is 1. The van der Waals surface area contributed by atoms with Gasteiger partial charge in [0.15, 0.2) is 0 Å². The molecule has 0 aliphatic heterocycles. The molecule has 2 atom stereocenters. The average molecular weight is 248 g/mol. The number of benzene rings is 1. The minimum absolute atomic E-state index is 0.0999. The molecule has 1 aromatic carbocycles. The second-order valence-electron chi connectivity index (χ2n) is 4.57. The van der Waals surface area contributed by atoms with Gasteiger partial charge in [0.05, 0.1) is 5.38 Å². The normalized spacial score (nSPS) is 22.7. The maximum atomic E-state index is 6.52. The summed E-state index contributed by atoms with van der Waals surface area (Å²) in [5, 5.41) is 4.20. The Labute approximate surface area is 105 Å². The second-order valence-corrected chi connectivity index (χ2v) is 5.04. The number of nitrogens with zero attached hydrogens (tertiary/aromatic N) is 3. The Balaban J connectivity index is 1.83. The molecule has 1 aliphatic carbocycles. The third kappa shape index (κ3) is 1.84. The van der Waals surface area contributed by atoms with E-state index in [1.807, 2.05) is 11.7 Å². The molecule has 0 bridgehead atoms. The van der Waals surface area contributed by atoms with E-state index in [1.165, 1.54) is 11.1 Å². The first-order valence-electron chi connectivity index (χ1n) is 5.80. The van der Waals surface area contributed by atoms with Crippen molar-refractivity contribution in [3.05, 3.63) is 47.5 Å². The first-order chi connectivity index (χ1) is 8.25. The van der Waals surface area contributed by atoms with Gasteiger partial charge in [-0.25, -0.2) is 4.98 Å². The molecule has 0 spiro atoms. The molecule has 17 heavy (non-hydrogen) atoms. The van der Waals surface area contributed by atoms with Crippen LogP contribution in [0.15, 0.2) is 30.6 Å². The molecular formula is C13H14ClN3. The topological polar surface area (TPSA) is 30.7 Å². The molecule has 0 radical (unpaired) electrons. The lowest BCUT2D eigenvalue weighted by Crippen LogP contribution is -2.11.